The minimum atomic E-state index is -0.505. The molecule has 0 saturated heterocycles. The molecule has 0 aliphatic rings. The molecule has 0 aliphatic heterocycles. The van der Waals surface area contributed by atoms with Gasteiger partial charge in [0.2, 0.25) is 0 Å². The first-order valence-electron chi connectivity index (χ1n) is 4.15. The van der Waals surface area contributed by atoms with E-state index in [1.54, 1.807) is 12.4 Å². The van der Waals surface area contributed by atoms with Crippen molar-refractivity contribution in [1.29, 1.82) is 0 Å². The second-order valence-electron chi connectivity index (χ2n) is 2.71. The van der Waals surface area contributed by atoms with Gasteiger partial charge in [0, 0.05) is 18.5 Å². The lowest BCUT2D eigenvalue weighted by Crippen LogP contribution is -1.93. The molecule has 1 N–H and O–H groups in total. The first-order valence-corrected chi connectivity index (χ1v) is 5.34. The molecule has 82 valence electrons. The number of nitro groups is 1. The van der Waals surface area contributed by atoms with E-state index in [1.807, 2.05) is 0 Å². The number of pyridine rings is 1. The van der Waals surface area contributed by atoms with Crippen LogP contribution in [-0.4, -0.2) is 19.9 Å². The summed E-state index contributed by atoms with van der Waals surface area (Å²) in [7, 11) is 0. The van der Waals surface area contributed by atoms with Crippen LogP contribution in [0.1, 0.15) is 0 Å². The molecule has 0 aliphatic carbocycles. The van der Waals surface area contributed by atoms with Crippen LogP contribution in [0.25, 0.3) is 0 Å². The summed E-state index contributed by atoms with van der Waals surface area (Å²) >= 11 is 6.74. The lowest BCUT2D eigenvalue weighted by molar-refractivity contribution is -0.388. The lowest BCUT2D eigenvalue weighted by atomic mass is 10.4. The average molecular weight is 257 g/mol. The largest absolute Gasteiger partial charge is 0.339 e. The zero-order valence-electron chi connectivity index (χ0n) is 7.75. The molecule has 0 radical (unpaired) electrons. The van der Waals surface area contributed by atoms with Crippen molar-refractivity contribution in [3.05, 3.63) is 39.8 Å². The summed E-state index contributed by atoms with van der Waals surface area (Å²) in [5.74, 6) is 0. The molecular formula is C8H5ClN4O2S. The van der Waals surface area contributed by atoms with Gasteiger partial charge in [-0.15, -0.1) is 0 Å². The van der Waals surface area contributed by atoms with E-state index in [4.69, 9.17) is 11.6 Å². The van der Waals surface area contributed by atoms with Gasteiger partial charge < -0.3 is 4.98 Å². The molecule has 0 fully saturated rings. The van der Waals surface area contributed by atoms with E-state index in [9.17, 15) is 10.1 Å². The maximum atomic E-state index is 10.7. The van der Waals surface area contributed by atoms with Gasteiger partial charge in [-0.1, -0.05) is 11.6 Å². The minimum Gasteiger partial charge on any atom is -0.339 e. The number of hydrogen-bond donors (Lipinski definition) is 1. The monoisotopic (exact) mass is 256 g/mol. The van der Waals surface area contributed by atoms with Crippen LogP contribution in [0.2, 0.25) is 5.15 Å². The van der Waals surface area contributed by atoms with Gasteiger partial charge in [0.1, 0.15) is 5.15 Å². The Balaban J connectivity index is 2.38. The number of H-pyrrole nitrogens is 1. The highest BCUT2D eigenvalue weighted by atomic mass is 35.5. The number of rotatable bonds is 3. The summed E-state index contributed by atoms with van der Waals surface area (Å²) < 4.78 is 0. The minimum absolute atomic E-state index is 0.0919. The normalized spacial score (nSPS) is 10.3. The number of imidazole rings is 1. The number of halogens is 1. The van der Waals surface area contributed by atoms with Crippen molar-refractivity contribution in [1.82, 2.24) is 15.0 Å². The quantitative estimate of drug-likeness (QED) is 0.518. The van der Waals surface area contributed by atoms with E-state index in [-0.39, 0.29) is 15.9 Å². The lowest BCUT2D eigenvalue weighted by Gasteiger charge is -1.99. The van der Waals surface area contributed by atoms with Crippen molar-refractivity contribution < 1.29 is 4.92 Å². The summed E-state index contributed by atoms with van der Waals surface area (Å²) in [6, 6.07) is 2.70. The molecule has 0 spiro atoms. The van der Waals surface area contributed by atoms with Crippen LogP contribution >= 0.6 is 23.4 Å². The van der Waals surface area contributed by atoms with Gasteiger partial charge in [-0.3, -0.25) is 10.1 Å². The van der Waals surface area contributed by atoms with Crippen LogP contribution in [0.3, 0.4) is 0 Å². The standard InChI is InChI=1S/C8H5ClN4O2S/c9-6-2-1-5(13(14)15)7(12-6)16-8-10-3-4-11-8/h1-4H,(H,10,11). The van der Waals surface area contributed by atoms with Crippen molar-refractivity contribution in [2.24, 2.45) is 0 Å². The summed E-state index contributed by atoms with van der Waals surface area (Å²) in [6.07, 6.45) is 3.18. The average Bonchev–Trinajstić information content (AvgIpc) is 2.70. The molecule has 0 bridgehead atoms. The maximum Gasteiger partial charge on any atom is 0.301 e. The Morgan fingerprint density at radius 1 is 1.50 bits per heavy atom. The highest BCUT2D eigenvalue weighted by molar-refractivity contribution is 7.99. The summed E-state index contributed by atoms with van der Waals surface area (Å²) in [4.78, 5) is 20.9. The van der Waals surface area contributed by atoms with Gasteiger partial charge in [0.15, 0.2) is 10.2 Å². The molecule has 0 unspecified atom stereocenters. The van der Waals surface area contributed by atoms with E-state index in [1.165, 1.54) is 12.1 Å². The van der Waals surface area contributed by atoms with Crippen molar-refractivity contribution in [2.75, 3.05) is 0 Å². The first kappa shape index (κ1) is 10.9. The number of aromatic amines is 1. The van der Waals surface area contributed by atoms with E-state index in [2.05, 4.69) is 15.0 Å². The van der Waals surface area contributed by atoms with Crippen molar-refractivity contribution in [3.8, 4) is 0 Å². The second-order valence-corrected chi connectivity index (χ2v) is 4.08. The van der Waals surface area contributed by atoms with E-state index < -0.39 is 4.92 Å². The molecule has 2 aromatic rings. The second kappa shape index (κ2) is 4.50. The zero-order chi connectivity index (χ0) is 11.5. The molecule has 0 atom stereocenters. The van der Waals surface area contributed by atoms with E-state index >= 15 is 0 Å². The molecular weight excluding hydrogens is 252 g/mol. The predicted molar refractivity (Wildman–Crippen MR) is 58.6 cm³/mol. The Morgan fingerprint density at radius 2 is 2.31 bits per heavy atom. The van der Waals surface area contributed by atoms with Gasteiger partial charge >= 0.3 is 5.69 Å². The predicted octanol–water partition coefficient (Wildman–Crippen LogP) is 2.52. The molecule has 8 heteroatoms. The Hall–Kier alpha value is -1.60. The third-order valence-electron chi connectivity index (χ3n) is 1.67. The highest BCUT2D eigenvalue weighted by Crippen LogP contribution is 2.31. The summed E-state index contributed by atoms with van der Waals surface area (Å²) in [5, 5.41) is 11.7. The third-order valence-corrected chi connectivity index (χ3v) is 2.79. The Labute approximate surface area is 99.2 Å². The van der Waals surface area contributed by atoms with Crippen molar-refractivity contribution in [3.63, 3.8) is 0 Å². The molecule has 0 amide bonds. The van der Waals surface area contributed by atoms with Gasteiger partial charge in [0.05, 0.1) is 4.92 Å². The van der Waals surface area contributed by atoms with E-state index in [0.29, 0.717) is 5.16 Å². The van der Waals surface area contributed by atoms with Crippen molar-refractivity contribution in [2.45, 2.75) is 10.2 Å². The van der Waals surface area contributed by atoms with Crippen LogP contribution < -0.4 is 0 Å². The molecule has 2 aromatic heterocycles. The number of aromatic nitrogens is 3. The summed E-state index contributed by atoms with van der Waals surface area (Å²) in [6.45, 7) is 0. The fraction of sp³-hybridized carbons (Fsp3) is 0. The van der Waals surface area contributed by atoms with Gasteiger partial charge in [0.25, 0.3) is 0 Å². The smallest absolute Gasteiger partial charge is 0.301 e. The molecule has 6 nitrogen and oxygen atoms in total. The van der Waals surface area contributed by atoms with Crippen LogP contribution in [0, 0.1) is 10.1 Å². The topological polar surface area (TPSA) is 84.7 Å². The SMILES string of the molecule is O=[N+]([O-])c1ccc(Cl)nc1Sc1ncc[nH]1. The Kier molecular flexibility index (Phi) is 3.07. The maximum absolute atomic E-state index is 10.7. The van der Waals surface area contributed by atoms with Gasteiger partial charge in [-0.2, -0.15) is 0 Å². The van der Waals surface area contributed by atoms with Crippen molar-refractivity contribution >= 4 is 29.1 Å². The van der Waals surface area contributed by atoms with Crippen LogP contribution in [0.5, 0.6) is 0 Å². The highest BCUT2D eigenvalue weighted by Gasteiger charge is 2.17. The van der Waals surface area contributed by atoms with Gasteiger partial charge in [-0.05, 0) is 17.8 Å². The third kappa shape index (κ3) is 2.31. The van der Waals surface area contributed by atoms with Crippen LogP contribution in [0.15, 0.2) is 34.7 Å². The molecule has 0 saturated carbocycles. The first-order chi connectivity index (χ1) is 7.66. The number of nitrogens with zero attached hydrogens (tertiary/aromatic N) is 3. The number of hydrogen-bond acceptors (Lipinski definition) is 5. The molecule has 2 heterocycles. The van der Waals surface area contributed by atoms with Crippen LogP contribution in [0.4, 0.5) is 5.69 Å². The fourth-order valence-electron chi connectivity index (χ4n) is 1.02. The molecule has 2 rings (SSSR count). The molecule has 0 aromatic carbocycles. The van der Waals surface area contributed by atoms with Gasteiger partial charge in [-0.25, -0.2) is 9.97 Å². The molecule has 16 heavy (non-hydrogen) atoms. The fourth-order valence-corrected chi connectivity index (χ4v) is 2.04. The number of nitrogens with one attached hydrogen (secondary N) is 1. The Morgan fingerprint density at radius 3 is 2.94 bits per heavy atom. The summed E-state index contributed by atoms with van der Waals surface area (Å²) in [5.41, 5.74) is -0.0919. The van der Waals surface area contributed by atoms with Crippen LogP contribution in [-0.2, 0) is 0 Å². The van der Waals surface area contributed by atoms with E-state index in [0.717, 1.165) is 11.8 Å². The zero-order valence-corrected chi connectivity index (χ0v) is 9.33. The Bertz CT molecular complexity index is 517.